The van der Waals surface area contributed by atoms with Crippen LogP contribution < -0.4 is 15.4 Å². The van der Waals surface area contributed by atoms with E-state index in [2.05, 4.69) is 20.6 Å². The second-order valence-electron chi connectivity index (χ2n) is 11.6. The SMILES string of the molecule is Cc1cc(Nc2nccn3c(-c4ccc(OCC#N)c(F)c4Cl)cnc23)ccc1C(=O)N1CCC(C(=O)N2CCNCC2CO)CC1. The van der Waals surface area contributed by atoms with Crippen LogP contribution in [0.1, 0.15) is 28.8 Å². The molecule has 0 saturated carbocycles. The van der Waals surface area contributed by atoms with Crippen molar-refractivity contribution in [2.45, 2.75) is 25.8 Å². The minimum atomic E-state index is -0.767. The molecule has 2 aliphatic rings. The lowest BCUT2D eigenvalue weighted by molar-refractivity contribution is -0.141. The molecule has 0 radical (unpaired) electrons. The van der Waals surface area contributed by atoms with Gasteiger partial charge in [-0.2, -0.15) is 5.26 Å². The molecule has 3 N–H and O–H groups in total. The van der Waals surface area contributed by atoms with Crippen LogP contribution in [0.4, 0.5) is 15.9 Å². The average molecular weight is 661 g/mol. The van der Waals surface area contributed by atoms with E-state index in [-0.39, 0.29) is 47.8 Å². The van der Waals surface area contributed by atoms with Crippen LogP contribution in [-0.4, -0.2) is 93.1 Å². The summed E-state index contributed by atoms with van der Waals surface area (Å²) >= 11 is 6.35. The molecule has 4 heterocycles. The van der Waals surface area contributed by atoms with Gasteiger partial charge in [0.05, 0.1) is 29.6 Å². The maximum absolute atomic E-state index is 14.9. The van der Waals surface area contributed by atoms with Crippen molar-refractivity contribution in [3.8, 4) is 23.1 Å². The quantitative estimate of drug-likeness (QED) is 0.257. The lowest BCUT2D eigenvalue weighted by Gasteiger charge is -2.39. The number of nitrogens with one attached hydrogen (secondary N) is 2. The molecule has 1 unspecified atom stereocenters. The van der Waals surface area contributed by atoms with E-state index in [1.54, 1.807) is 57.1 Å². The van der Waals surface area contributed by atoms with Crippen LogP contribution in [0, 0.1) is 30.0 Å². The number of amides is 2. The molecule has 2 aliphatic heterocycles. The molecular formula is C33H34ClFN8O4. The zero-order chi connectivity index (χ0) is 33.1. The van der Waals surface area contributed by atoms with Crippen LogP contribution in [0.25, 0.3) is 16.9 Å². The smallest absolute Gasteiger partial charge is 0.254 e. The van der Waals surface area contributed by atoms with Crippen LogP contribution in [0.3, 0.4) is 0 Å². The van der Waals surface area contributed by atoms with Crippen LogP contribution in [-0.2, 0) is 4.79 Å². The Hall–Kier alpha value is -4.77. The molecule has 14 heteroatoms. The third-order valence-electron chi connectivity index (χ3n) is 8.74. The highest BCUT2D eigenvalue weighted by Gasteiger charge is 2.34. The van der Waals surface area contributed by atoms with Crippen molar-refractivity contribution in [2.24, 2.45) is 5.92 Å². The normalized spacial score (nSPS) is 17.0. The number of fused-ring (bicyclic) bond motifs is 1. The van der Waals surface area contributed by atoms with E-state index < -0.39 is 5.82 Å². The number of benzene rings is 2. The summed E-state index contributed by atoms with van der Waals surface area (Å²) in [4.78, 5) is 39.2. The van der Waals surface area contributed by atoms with Gasteiger partial charge < -0.3 is 30.3 Å². The molecule has 2 fully saturated rings. The van der Waals surface area contributed by atoms with E-state index in [0.29, 0.717) is 79.5 Å². The molecule has 2 saturated heterocycles. The van der Waals surface area contributed by atoms with Gasteiger partial charge in [0, 0.05) is 67.8 Å². The maximum Gasteiger partial charge on any atom is 0.254 e. The van der Waals surface area contributed by atoms with Crippen molar-refractivity contribution in [3.63, 3.8) is 0 Å². The average Bonchev–Trinajstić information content (AvgIpc) is 3.53. The molecule has 2 amide bonds. The number of aliphatic hydroxyl groups excluding tert-OH is 1. The highest BCUT2D eigenvalue weighted by Crippen LogP contribution is 2.36. The Bertz CT molecular complexity index is 1850. The van der Waals surface area contributed by atoms with Crippen LogP contribution >= 0.6 is 11.6 Å². The number of imidazole rings is 1. The third kappa shape index (κ3) is 6.44. The predicted molar refractivity (Wildman–Crippen MR) is 173 cm³/mol. The number of halogens is 2. The van der Waals surface area contributed by atoms with Gasteiger partial charge in [-0.05, 0) is 55.7 Å². The number of hydrogen-bond acceptors (Lipinski definition) is 9. The van der Waals surface area contributed by atoms with E-state index in [4.69, 9.17) is 21.6 Å². The van der Waals surface area contributed by atoms with Gasteiger partial charge in [-0.1, -0.05) is 11.6 Å². The zero-order valence-electron chi connectivity index (χ0n) is 25.7. The maximum atomic E-state index is 14.9. The van der Waals surface area contributed by atoms with Gasteiger partial charge in [-0.3, -0.25) is 14.0 Å². The summed E-state index contributed by atoms with van der Waals surface area (Å²) in [6.45, 7) is 4.36. The second kappa shape index (κ2) is 13.9. The van der Waals surface area contributed by atoms with Gasteiger partial charge in [0.1, 0.15) is 6.07 Å². The topological polar surface area (TPSA) is 148 Å². The number of aliphatic hydroxyl groups is 1. The predicted octanol–water partition coefficient (Wildman–Crippen LogP) is 3.79. The Balaban J connectivity index is 1.13. The summed E-state index contributed by atoms with van der Waals surface area (Å²) in [6.07, 6.45) is 6.02. The molecule has 47 heavy (non-hydrogen) atoms. The molecule has 0 aliphatic carbocycles. The number of rotatable bonds is 8. The number of piperidine rings is 1. The summed E-state index contributed by atoms with van der Waals surface area (Å²) in [5.41, 5.74) is 3.46. The molecule has 0 spiro atoms. The van der Waals surface area contributed by atoms with Crippen molar-refractivity contribution >= 4 is 40.6 Å². The van der Waals surface area contributed by atoms with E-state index in [1.807, 2.05) is 13.0 Å². The first-order valence-corrected chi connectivity index (χ1v) is 15.8. The van der Waals surface area contributed by atoms with E-state index >= 15 is 0 Å². The van der Waals surface area contributed by atoms with Crippen LogP contribution in [0.2, 0.25) is 5.02 Å². The van der Waals surface area contributed by atoms with Crippen molar-refractivity contribution in [3.05, 3.63) is 70.9 Å². The first-order valence-electron chi connectivity index (χ1n) is 15.4. The molecule has 4 aromatic rings. The van der Waals surface area contributed by atoms with E-state index in [0.717, 1.165) is 5.56 Å². The molecule has 6 rings (SSSR count). The summed E-state index contributed by atoms with van der Waals surface area (Å²) in [7, 11) is 0. The van der Waals surface area contributed by atoms with Crippen molar-refractivity contribution in [1.29, 1.82) is 5.26 Å². The number of aryl methyl sites for hydroxylation is 1. The largest absolute Gasteiger partial charge is 0.476 e. The monoisotopic (exact) mass is 660 g/mol. The van der Waals surface area contributed by atoms with Gasteiger partial charge in [-0.25, -0.2) is 14.4 Å². The Labute approximate surface area is 275 Å². The zero-order valence-corrected chi connectivity index (χ0v) is 26.5. The first kappa shape index (κ1) is 32.2. The van der Waals surface area contributed by atoms with Gasteiger partial charge in [-0.15, -0.1) is 0 Å². The van der Waals surface area contributed by atoms with Gasteiger partial charge in [0.15, 0.2) is 29.6 Å². The molecular weight excluding hydrogens is 627 g/mol. The number of likely N-dealkylation sites (tertiary alicyclic amines) is 1. The Morgan fingerprint density at radius 1 is 1.21 bits per heavy atom. The number of aromatic nitrogens is 3. The fraction of sp³-hybridized carbons (Fsp3) is 0.364. The number of nitriles is 1. The molecule has 2 aromatic carbocycles. The number of hydrogen-bond donors (Lipinski definition) is 3. The number of ether oxygens (including phenoxy) is 1. The van der Waals surface area contributed by atoms with Crippen LogP contribution in [0.5, 0.6) is 5.75 Å². The van der Waals surface area contributed by atoms with E-state index in [9.17, 15) is 19.1 Å². The number of piperazine rings is 1. The third-order valence-corrected chi connectivity index (χ3v) is 9.11. The fourth-order valence-electron chi connectivity index (χ4n) is 6.22. The Morgan fingerprint density at radius 2 is 2.02 bits per heavy atom. The van der Waals surface area contributed by atoms with Gasteiger partial charge in [0.25, 0.3) is 5.91 Å². The summed E-state index contributed by atoms with van der Waals surface area (Å²) < 4.78 is 21.7. The second-order valence-corrected chi connectivity index (χ2v) is 12.0. The Kier molecular flexibility index (Phi) is 9.53. The Morgan fingerprint density at radius 3 is 2.77 bits per heavy atom. The van der Waals surface area contributed by atoms with Crippen molar-refractivity contribution in [1.82, 2.24) is 29.5 Å². The first-order chi connectivity index (χ1) is 22.8. The number of anilines is 2. The van der Waals surface area contributed by atoms with Crippen LogP contribution in [0.15, 0.2) is 48.9 Å². The molecule has 244 valence electrons. The van der Waals surface area contributed by atoms with E-state index in [1.165, 1.54) is 6.07 Å². The standard InChI is InChI=1S/C33H34ClFN8O4/c1-20-16-22(2-3-24(20)33(46)41-11-6-21(7-12-41)32(45)42-13-9-37-17-23(42)19-44)40-30-31-39-18-26(43(31)14-10-38-30)25-4-5-27(47-15-8-36)29(35)28(25)34/h2-5,10,14,16,18,21,23,37,44H,6-7,9,11-13,15,17,19H2,1H3,(H,38,40). The highest BCUT2D eigenvalue weighted by molar-refractivity contribution is 6.33. The minimum absolute atomic E-state index is 0.0623. The minimum Gasteiger partial charge on any atom is -0.476 e. The van der Waals surface area contributed by atoms with Crippen molar-refractivity contribution in [2.75, 3.05) is 51.3 Å². The number of carbonyl (C=O) groups is 2. The van der Waals surface area contributed by atoms with Crippen molar-refractivity contribution < 1.29 is 23.8 Å². The lowest BCUT2D eigenvalue weighted by atomic mass is 9.93. The fourth-order valence-corrected chi connectivity index (χ4v) is 6.48. The molecule has 12 nitrogen and oxygen atoms in total. The summed E-state index contributed by atoms with van der Waals surface area (Å²) in [5, 5.41) is 24.8. The van der Waals surface area contributed by atoms with Gasteiger partial charge in [0.2, 0.25) is 5.91 Å². The molecule has 1 atom stereocenters. The summed E-state index contributed by atoms with van der Waals surface area (Å²) in [6, 6.07) is 10.1. The summed E-state index contributed by atoms with van der Waals surface area (Å²) in [5.74, 6) is -0.611. The number of carbonyl (C=O) groups excluding carboxylic acids is 2. The number of nitrogens with zero attached hydrogens (tertiary/aromatic N) is 6. The van der Waals surface area contributed by atoms with Gasteiger partial charge >= 0.3 is 0 Å². The lowest BCUT2D eigenvalue weighted by Crippen LogP contribution is -2.57. The highest BCUT2D eigenvalue weighted by atomic mass is 35.5. The molecule has 0 bridgehead atoms. The molecule has 2 aromatic heterocycles.